The van der Waals surface area contributed by atoms with Gasteiger partial charge in [0.05, 0.1) is 18.2 Å². The molecule has 0 radical (unpaired) electrons. The van der Waals surface area contributed by atoms with Crippen molar-refractivity contribution < 1.29 is 51.8 Å². The third-order valence-electron chi connectivity index (χ3n) is 6.19. The Morgan fingerprint density at radius 2 is 1.74 bits per heavy atom. The fraction of sp³-hybridized carbons (Fsp3) is 0.632. The van der Waals surface area contributed by atoms with Crippen molar-refractivity contribution in [2.75, 3.05) is 16.6 Å². The first-order valence-corrected chi connectivity index (χ1v) is 14.7. The summed E-state index contributed by atoms with van der Waals surface area (Å²) in [6.07, 6.45) is -11.5. The van der Waals surface area contributed by atoms with E-state index in [1.165, 1.54) is 6.92 Å². The smallest absolute Gasteiger partial charge is 0.280 e. The van der Waals surface area contributed by atoms with Crippen LogP contribution in [0.4, 0.5) is 5.95 Å². The molecular formula is C19H27N5O12S2. The number of ether oxygens (including phenoxy) is 2. The second kappa shape index (κ2) is 10.2. The van der Waals surface area contributed by atoms with Crippen molar-refractivity contribution in [1.29, 1.82) is 0 Å². The van der Waals surface area contributed by atoms with Crippen molar-refractivity contribution in [3.63, 3.8) is 0 Å². The first-order chi connectivity index (χ1) is 17.6. The van der Waals surface area contributed by atoms with E-state index in [9.17, 15) is 47.2 Å². The topological polar surface area (TPSA) is 277 Å². The predicted octanol–water partition coefficient (Wildman–Crippen LogP) is -4.51. The van der Waals surface area contributed by atoms with Crippen LogP contribution in [0.5, 0.6) is 0 Å². The first kappa shape index (κ1) is 28.5. The molecule has 2 aromatic heterocycles. The minimum atomic E-state index is -4.47. The van der Waals surface area contributed by atoms with Crippen LogP contribution >= 0.6 is 0 Å². The van der Waals surface area contributed by atoms with Gasteiger partial charge in [-0.2, -0.15) is 4.98 Å². The molecule has 2 aliphatic rings. The summed E-state index contributed by atoms with van der Waals surface area (Å²) in [6, 6.07) is 0. The minimum Gasteiger partial charge on any atom is -0.388 e. The lowest BCUT2D eigenvalue weighted by Crippen LogP contribution is -2.58. The van der Waals surface area contributed by atoms with Gasteiger partial charge in [0.1, 0.15) is 42.7 Å². The Labute approximate surface area is 215 Å². The number of hydrogen-bond acceptors (Lipinski definition) is 15. The Balaban J connectivity index is 1.46. The lowest BCUT2D eigenvalue weighted by atomic mass is 9.96. The molecule has 212 valence electrons. The Morgan fingerprint density at radius 1 is 1.05 bits per heavy atom. The molecule has 2 aromatic rings. The number of imidazole rings is 1. The highest BCUT2D eigenvalue weighted by Crippen LogP contribution is 2.32. The Bertz CT molecular complexity index is 1490. The highest BCUT2D eigenvalue weighted by molar-refractivity contribution is 8.09. The molecule has 2 fully saturated rings. The molecule has 4 heterocycles. The third-order valence-corrected chi connectivity index (χ3v) is 10.3. The lowest BCUT2D eigenvalue weighted by Gasteiger charge is -2.39. The largest absolute Gasteiger partial charge is 0.388 e. The lowest BCUT2D eigenvalue weighted by molar-refractivity contribution is -0.210. The van der Waals surface area contributed by atoms with Crippen LogP contribution in [0.15, 0.2) is 22.6 Å². The fourth-order valence-corrected chi connectivity index (χ4v) is 8.13. The van der Waals surface area contributed by atoms with Crippen molar-refractivity contribution in [1.82, 2.24) is 19.5 Å². The number of aliphatic hydroxyl groups is 5. The van der Waals surface area contributed by atoms with E-state index in [-0.39, 0.29) is 17.1 Å². The molecule has 9 unspecified atom stereocenters. The first-order valence-electron chi connectivity index (χ1n) is 11.1. The molecule has 8 N–H and O–H groups in total. The molecular weight excluding hydrogens is 554 g/mol. The van der Waals surface area contributed by atoms with Gasteiger partial charge in [-0.3, -0.25) is 14.3 Å². The molecule has 9 atom stereocenters. The van der Waals surface area contributed by atoms with Gasteiger partial charge >= 0.3 is 0 Å². The summed E-state index contributed by atoms with van der Waals surface area (Å²) < 4.78 is 62.0. The number of anilines is 1. The maximum absolute atomic E-state index is 12.5. The number of nitrogens with one attached hydrogen (secondary N) is 1. The van der Waals surface area contributed by atoms with Crippen LogP contribution in [0.25, 0.3) is 11.2 Å². The molecule has 2 aliphatic heterocycles. The van der Waals surface area contributed by atoms with E-state index in [4.69, 9.17) is 15.2 Å². The Morgan fingerprint density at radius 3 is 2.42 bits per heavy atom. The quantitative estimate of drug-likeness (QED) is 0.162. The van der Waals surface area contributed by atoms with E-state index in [0.29, 0.717) is 5.41 Å². The molecule has 38 heavy (non-hydrogen) atoms. The molecule has 0 bridgehead atoms. The van der Waals surface area contributed by atoms with Crippen molar-refractivity contribution in [3.8, 4) is 0 Å². The van der Waals surface area contributed by atoms with E-state index < -0.39 is 91.1 Å². The van der Waals surface area contributed by atoms with Gasteiger partial charge in [0.25, 0.3) is 5.56 Å². The highest BCUT2D eigenvalue weighted by Gasteiger charge is 2.45. The van der Waals surface area contributed by atoms with Crippen molar-refractivity contribution >= 4 is 36.8 Å². The number of nitrogens with zero attached hydrogens (tertiary/aromatic N) is 3. The van der Waals surface area contributed by atoms with Gasteiger partial charge in [0, 0.05) is 5.41 Å². The minimum absolute atomic E-state index is 0.0649. The Hall–Kier alpha value is -2.49. The van der Waals surface area contributed by atoms with Gasteiger partial charge in [-0.25, -0.2) is 21.8 Å². The molecule has 19 heteroatoms. The number of nitrogens with two attached hydrogens (primary N) is 1. The van der Waals surface area contributed by atoms with Gasteiger partial charge in [-0.05, 0) is 13.0 Å². The third kappa shape index (κ3) is 5.60. The summed E-state index contributed by atoms with van der Waals surface area (Å²) in [4.78, 5) is 22.0. The van der Waals surface area contributed by atoms with E-state index in [1.807, 2.05) is 0 Å². The number of H-pyrrole nitrogens is 1. The van der Waals surface area contributed by atoms with Crippen LogP contribution in [-0.2, 0) is 29.1 Å². The molecule has 4 rings (SSSR count). The van der Waals surface area contributed by atoms with Crippen molar-refractivity contribution in [3.05, 3.63) is 28.2 Å². The SMILES string of the molecule is CC1OC(CS(=O)(=O)CS(=O)(=O)C=CC2OC(n3cnc4c(=O)[nH]c(N)nc43)C(O)C2O)C(O)C(O)C1O. The summed E-state index contributed by atoms with van der Waals surface area (Å²) in [7, 11) is -8.89. The van der Waals surface area contributed by atoms with Crippen LogP contribution in [-0.4, -0.2) is 122 Å². The number of nitrogen functional groups attached to an aromatic ring is 1. The average Bonchev–Trinajstić information content (AvgIpc) is 3.35. The number of aromatic amines is 1. The fourth-order valence-electron chi connectivity index (χ4n) is 4.26. The number of sulfone groups is 2. The summed E-state index contributed by atoms with van der Waals surface area (Å²) in [6.45, 7) is 1.35. The summed E-state index contributed by atoms with van der Waals surface area (Å²) in [5.74, 6) is -1.20. The normalized spacial score (nSPS) is 34.8. The van der Waals surface area contributed by atoms with Gasteiger partial charge in [-0.1, -0.05) is 0 Å². The van der Waals surface area contributed by atoms with Gasteiger partial charge in [-0.15, -0.1) is 0 Å². The maximum Gasteiger partial charge on any atom is 0.280 e. The second-order valence-electron chi connectivity index (χ2n) is 9.12. The maximum atomic E-state index is 12.5. The molecule has 0 amide bonds. The Kier molecular flexibility index (Phi) is 7.69. The van der Waals surface area contributed by atoms with Crippen LogP contribution in [0.2, 0.25) is 0 Å². The molecule has 0 aliphatic carbocycles. The molecule has 2 saturated heterocycles. The summed E-state index contributed by atoms with van der Waals surface area (Å²) >= 11 is 0. The van der Waals surface area contributed by atoms with Gasteiger partial charge < -0.3 is 40.7 Å². The number of aromatic nitrogens is 4. The predicted molar refractivity (Wildman–Crippen MR) is 128 cm³/mol. The van der Waals surface area contributed by atoms with Crippen LogP contribution < -0.4 is 11.3 Å². The van der Waals surface area contributed by atoms with E-state index in [2.05, 4.69) is 15.0 Å². The standard InChI is InChI=1S/C19H27N5O12S2/c1-7-11(25)14(28)13(27)9(35-7)4-38(33,34)6-37(31,32)3-2-8-12(26)15(29)18(36-8)24-5-21-10-16(24)22-19(20)23-17(10)30/h2-3,5,7-9,11-15,18,25-29H,4,6H2,1H3,(H3,20,22,23,30). The molecule has 0 aromatic carbocycles. The number of hydrogen-bond donors (Lipinski definition) is 7. The second-order valence-corrected chi connectivity index (χ2v) is 13.5. The zero-order valence-electron chi connectivity index (χ0n) is 19.7. The molecule has 0 saturated carbocycles. The molecule has 17 nitrogen and oxygen atoms in total. The highest BCUT2D eigenvalue weighted by atomic mass is 32.3. The molecule has 0 spiro atoms. The average molecular weight is 582 g/mol. The number of fused-ring (bicyclic) bond motifs is 1. The van der Waals surface area contributed by atoms with E-state index in [0.717, 1.165) is 17.0 Å². The zero-order valence-corrected chi connectivity index (χ0v) is 21.3. The summed E-state index contributed by atoms with van der Waals surface area (Å²) in [5, 5.41) is 49.5. The van der Waals surface area contributed by atoms with E-state index in [1.54, 1.807) is 0 Å². The van der Waals surface area contributed by atoms with Crippen LogP contribution in [0, 0.1) is 0 Å². The summed E-state index contributed by atoms with van der Waals surface area (Å²) in [5.41, 5.74) is 4.69. The zero-order chi connectivity index (χ0) is 28.2. The monoisotopic (exact) mass is 581 g/mol. The van der Waals surface area contributed by atoms with Crippen molar-refractivity contribution in [2.24, 2.45) is 0 Å². The number of rotatable bonds is 7. The van der Waals surface area contributed by atoms with Gasteiger partial charge in [0.15, 0.2) is 42.2 Å². The van der Waals surface area contributed by atoms with Crippen LogP contribution in [0.1, 0.15) is 13.2 Å². The van der Waals surface area contributed by atoms with Crippen molar-refractivity contribution in [2.45, 2.75) is 62.0 Å². The van der Waals surface area contributed by atoms with Gasteiger partial charge in [0.2, 0.25) is 5.95 Å². The number of aliphatic hydroxyl groups excluding tert-OH is 5. The van der Waals surface area contributed by atoms with E-state index >= 15 is 0 Å². The van der Waals surface area contributed by atoms with Crippen LogP contribution in [0.3, 0.4) is 0 Å².